The topological polar surface area (TPSA) is 56.7 Å². The Balaban J connectivity index is 1.71. The molecule has 1 saturated carbocycles. The first-order valence-electron chi connectivity index (χ1n) is 7.45. The highest BCUT2D eigenvalue weighted by atomic mass is 15.2. The van der Waals surface area contributed by atoms with Crippen LogP contribution in [-0.2, 0) is 6.42 Å². The molecule has 0 amide bonds. The Morgan fingerprint density at radius 2 is 1.95 bits per heavy atom. The summed E-state index contributed by atoms with van der Waals surface area (Å²) in [7, 11) is 0. The SMILES string of the molecule is NC(Cc1nc2cccnc2n1C1CC1)c1ccccc1. The number of aromatic nitrogens is 3. The quantitative estimate of drug-likeness (QED) is 0.798. The number of nitrogens with zero attached hydrogens (tertiary/aromatic N) is 3. The van der Waals surface area contributed by atoms with Gasteiger partial charge in [0.05, 0.1) is 0 Å². The van der Waals surface area contributed by atoms with Gasteiger partial charge in [0.1, 0.15) is 11.3 Å². The summed E-state index contributed by atoms with van der Waals surface area (Å²) in [6.45, 7) is 0. The molecular formula is C17H18N4. The number of hydrogen-bond acceptors (Lipinski definition) is 3. The van der Waals surface area contributed by atoms with Gasteiger partial charge in [0.15, 0.2) is 5.65 Å². The highest BCUT2D eigenvalue weighted by Gasteiger charge is 2.29. The monoisotopic (exact) mass is 278 g/mol. The van der Waals surface area contributed by atoms with Crippen LogP contribution in [0.3, 0.4) is 0 Å². The van der Waals surface area contributed by atoms with E-state index in [4.69, 9.17) is 10.7 Å². The van der Waals surface area contributed by atoms with Crippen LogP contribution < -0.4 is 5.73 Å². The van der Waals surface area contributed by atoms with Crippen molar-refractivity contribution in [3.05, 3.63) is 60.0 Å². The van der Waals surface area contributed by atoms with Crippen molar-refractivity contribution in [2.75, 3.05) is 0 Å². The van der Waals surface area contributed by atoms with Gasteiger partial charge in [0, 0.05) is 24.7 Å². The van der Waals surface area contributed by atoms with E-state index in [-0.39, 0.29) is 6.04 Å². The van der Waals surface area contributed by atoms with Gasteiger partial charge in [-0.25, -0.2) is 9.97 Å². The molecule has 0 saturated heterocycles. The molecule has 0 radical (unpaired) electrons. The van der Waals surface area contributed by atoms with Gasteiger partial charge >= 0.3 is 0 Å². The third kappa shape index (κ3) is 2.32. The van der Waals surface area contributed by atoms with Gasteiger partial charge in [0.25, 0.3) is 0 Å². The average molecular weight is 278 g/mol. The third-order valence-electron chi connectivity index (χ3n) is 4.06. The maximum absolute atomic E-state index is 6.36. The summed E-state index contributed by atoms with van der Waals surface area (Å²) in [6, 6.07) is 14.7. The fraction of sp³-hybridized carbons (Fsp3) is 0.294. The van der Waals surface area contributed by atoms with Crippen LogP contribution in [0.25, 0.3) is 11.2 Å². The number of pyridine rings is 1. The predicted molar refractivity (Wildman–Crippen MR) is 82.9 cm³/mol. The van der Waals surface area contributed by atoms with Crippen LogP contribution in [0.15, 0.2) is 48.7 Å². The summed E-state index contributed by atoms with van der Waals surface area (Å²) in [5.41, 5.74) is 9.48. The Hall–Kier alpha value is -2.20. The number of hydrogen-bond donors (Lipinski definition) is 1. The van der Waals surface area contributed by atoms with E-state index in [9.17, 15) is 0 Å². The summed E-state index contributed by atoms with van der Waals surface area (Å²) < 4.78 is 2.29. The molecule has 1 atom stereocenters. The van der Waals surface area contributed by atoms with E-state index in [1.165, 1.54) is 12.8 Å². The molecule has 0 aliphatic heterocycles. The summed E-state index contributed by atoms with van der Waals surface area (Å²) in [5.74, 6) is 1.06. The van der Waals surface area contributed by atoms with Crippen LogP contribution in [0.4, 0.5) is 0 Å². The molecule has 4 rings (SSSR count). The van der Waals surface area contributed by atoms with Crippen LogP contribution in [0.2, 0.25) is 0 Å². The molecule has 2 heterocycles. The molecule has 106 valence electrons. The van der Waals surface area contributed by atoms with Crippen molar-refractivity contribution in [2.45, 2.75) is 31.3 Å². The lowest BCUT2D eigenvalue weighted by Crippen LogP contribution is -2.16. The zero-order valence-corrected chi connectivity index (χ0v) is 11.8. The fourth-order valence-electron chi connectivity index (χ4n) is 2.85. The Kier molecular flexibility index (Phi) is 2.97. The fourth-order valence-corrected chi connectivity index (χ4v) is 2.85. The summed E-state index contributed by atoms with van der Waals surface area (Å²) in [4.78, 5) is 9.26. The highest BCUT2D eigenvalue weighted by Crippen LogP contribution is 2.38. The minimum absolute atomic E-state index is 0.0273. The van der Waals surface area contributed by atoms with E-state index in [2.05, 4.69) is 21.7 Å². The van der Waals surface area contributed by atoms with Gasteiger partial charge in [-0.3, -0.25) is 0 Å². The summed E-state index contributed by atoms with van der Waals surface area (Å²) >= 11 is 0. The number of fused-ring (bicyclic) bond motifs is 1. The molecule has 4 nitrogen and oxygen atoms in total. The van der Waals surface area contributed by atoms with Crippen LogP contribution >= 0.6 is 0 Å². The van der Waals surface area contributed by atoms with E-state index in [0.29, 0.717) is 6.04 Å². The van der Waals surface area contributed by atoms with E-state index in [0.717, 1.165) is 29.0 Å². The molecule has 1 aliphatic rings. The molecule has 1 unspecified atom stereocenters. The molecule has 2 aromatic heterocycles. The Morgan fingerprint density at radius 1 is 1.14 bits per heavy atom. The molecule has 0 spiro atoms. The highest BCUT2D eigenvalue weighted by molar-refractivity contribution is 5.71. The molecule has 21 heavy (non-hydrogen) atoms. The smallest absolute Gasteiger partial charge is 0.160 e. The molecule has 1 aromatic carbocycles. The largest absolute Gasteiger partial charge is 0.324 e. The molecule has 1 fully saturated rings. The summed E-state index contributed by atoms with van der Waals surface area (Å²) in [6.07, 6.45) is 5.02. The second-order valence-corrected chi connectivity index (χ2v) is 5.70. The van der Waals surface area contributed by atoms with Crippen molar-refractivity contribution in [1.29, 1.82) is 0 Å². The van der Waals surface area contributed by atoms with Crippen LogP contribution in [-0.4, -0.2) is 14.5 Å². The minimum Gasteiger partial charge on any atom is -0.324 e. The number of rotatable bonds is 4. The van der Waals surface area contributed by atoms with Gasteiger partial charge in [0.2, 0.25) is 0 Å². The Bertz CT molecular complexity index is 759. The molecule has 2 N–H and O–H groups in total. The Morgan fingerprint density at radius 3 is 2.71 bits per heavy atom. The molecular weight excluding hydrogens is 260 g/mol. The lowest BCUT2D eigenvalue weighted by atomic mass is 10.0. The minimum atomic E-state index is -0.0273. The first-order valence-corrected chi connectivity index (χ1v) is 7.45. The second kappa shape index (κ2) is 4.97. The van der Waals surface area contributed by atoms with Crippen molar-refractivity contribution >= 4 is 11.2 Å². The number of imidazole rings is 1. The zero-order chi connectivity index (χ0) is 14.2. The molecule has 0 bridgehead atoms. The van der Waals surface area contributed by atoms with E-state index < -0.39 is 0 Å². The maximum atomic E-state index is 6.36. The summed E-state index contributed by atoms with van der Waals surface area (Å²) in [5, 5.41) is 0. The Labute approximate surface area is 123 Å². The van der Waals surface area contributed by atoms with Crippen molar-refractivity contribution in [1.82, 2.24) is 14.5 Å². The van der Waals surface area contributed by atoms with E-state index in [1.54, 1.807) is 0 Å². The van der Waals surface area contributed by atoms with Crippen molar-refractivity contribution in [3.8, 4) is 0 Å². The lowest BCUT2D eigenvalue weighted by Gasteiger charge is -2.13. The van der Waals surface area contributed by atoms with Crippen molar-refractivity contribution in [2.24, 2.45) is 5.73 Å². The van der Waals surface area contributed by atoms with Crippen molar-refractivity contribution in [3.63, 3.8) is 0 Å². The molecule has 3 aromatic rings. The van der Waals surface area contributed by atoms with Gasteiger partial charge in [-0.2, -0.15) is 0 Å². The average Bonchev–Trinajstić information content (AvgIpc) is 3.29. The standard InChI is InChI=1S/C17H18N4/c18-14(12-5-2-1-3-6-12)11-16-20-15-7-4-10-19-17(15)21(16)13-8-9-13/h1-7,10,13-14H,8-9,11,18H2. The van der Waals surface area contributed by atoms with Gasteiger partial charge in [-0.15, -0.1) is 0 Å². The van der Waals surface area contributed by atoms with Gasteiger partial charge in [-0.05, 0) is 30.5 Å². The third-order valence-corrected chi connectivity index (χ3v) is 4.06. The van der Waals surface area contributed by atoms with E-state index in [1.807, 2.05) is 36.5 Å². The van der Waals surface area contributed by atoms with Gasteiger partial charge in [-0.1, -0.05) is 30.3 Å². The van der Waals surface area contributed by atoms with Crippen LogP contribution in [0, 0.1) is 0 Å². The van der Waals surface area contributed by atoms with Crippen LogP contribution in [0.1, 0.15) is 36.3 Å². The zero-order valence-electron chi connectivity index (χ0n) is 11.8. The first-order chi connectivity index (χ1) is 10.3. The predicted octanol–water partition coefficient (Wildman–Crippen LogP) is 3.01. The number of benzene rings is 1. The normalized spacial score (nSPS) is 16.2. The second-order valence-electron chi connectivity index (χ2n) is 5.70. The van der Waals surface area contributed by atoms with Crippen molar-refractivity contribution < 1.29 is 0 Å². The first kappa shape index (κ1) is 12.5. The molecule has 4 heteroatoms. The lowest BCUT2D eigenvalue weighted by molar-refractivity contribution is 0.627. The van der Waals surface area contributed by atoms with Crippen LogP contribution in [0.5, 0.6) is 0 Å². The maximum Gasteiger partial charge on any atom is 0.160 e. The number of nitrogens with two attached hydrogens (primary N) is 1. The molecule has 1 aliphatic carbocycles. The van der Waals surface area contributed by atoms with Gasteiger partial charge < -0.3 is 10.3 Å². The van der Waals surface area contributed by atoms with E-state index >= 15 is 0 Å².